The second kappa shape index (κ2) is 4.63. The molecule has 0 bridgehead atoms. The Morgan fingerprint density at radius 1 is 1.56 bits per heavy atom. The van der Waals surface area contributed by atoms with Gasteiger partial charge in [-0.25, -0.2) is 4.98 Å². The van der Waals surface area contributed by atoms with Gasteiger partial charge in [-0.1, -0.05) is 19.1 Å². The molecule has 4 heteroatoms. The Kier molecular flexibility index (Phi) is 3.17. The summed E-state index contributed by atoms with van der Waals surface area (Å²) in [5.74, 6) is 0. The average Bonchev–Trinajstić information content (AvgIpc) is 2.79. The molecule has 0 saturated heterocycles. The maximum atomic E-state index is 10.4. The Morgan fingerprint density at radius 3 is 2.94 bits per heavy atom. The third-order valence-electron chi connectivity index (χ3n) is 3.15. The van der Waals surface area contributed by atoms with E-state index in [9.17, 15) is 5.11 Å². The SMILES string of the molecule is CC[C@](C)(O)/C(=C/C#N)n1cnc2ccccc21. The van der Waals surface area contributed by atoms with Gasteiger partial charge in [0.2, 0.25) is 0 Å². The van der Waals surface area contributed by atoms with Gasteiger partial charge in [0.05, 0.1) is 22.8 Å². The van der Waals surface area contributed by atoms with E-state index in [1.807, 2.05) is 37.3 Å². The van der Waals surface area contributed by atoms with Crippen LogP contribution in [-0.4, -0.2) is 20.3 Å². The first-order valence-corrected chi connectivity index (χ1v) is 5.85. The fourth-order valence-corrected chi connectivity index (χ4v) is 1.88. The van der Waals surface area contributed by atoms with Crippen LogP contribution in [0.2, 0.25) is 0 Å². The van der Waals surface area contributed by atoms with Crippen LogP contribution in [0.15, 0.2) is 36.7 Å². The number of nitrogens with zero attached hydrogens (tertiary/aromatic N) is 3. The summed E-state index contributed by atoms with van der Waals surface area (Å²) < 4.78 is 1.77. The summed E-state index contributed by atoms with van der Waals surface area (Å²) in [4.78, 5) is 4.27. The molecule has 1 aromatic carbocycles. The molecular weight excluding hydrogens is 226 g/mol. The van der Waals surface area contributed by atoms with Crippen LogP contribution in [0.1, 0.15) is 20.3 Å². The number of aliphatic hydroxyl groups is 1. The van der Waals surface area contributed by atoms with Gasteiger partial charge in [0.15, 0.2) is 0 Å². The van der Waals surface area contributed by atoms with Crippen molar-refractivity contribution in [2.24, 2.45) is 0 Å². The molecule has 1 heterocycles. The Balaban J connectivity index is 2.65. The first-order valence-electron chi connectivity index (χ1n) is 5.85. The Hall–Kier alpha value is -2.12. The number of hydrogen-bond acceptors (Lipinski definition) is 3. The minimum Gasteiger partial charge on any atom is -0.384 e. The predicted octanol–water partition coefficient (Wildman–Crippen LogP) is 2.56. The molecule has 92 valence electrons. The van der Waals surface area contributed by atoms with Crippen LogP contribution in [0.4, 0.5) is 0 Å². The van der Waals surface area contributed by atoms with Crippen molar-refractivity contribution in [2.45, 2.75) is 25.9 Å². The van der Waals surface area contributed by atoms with Crippen molar-refractivity contribution >= 4 is 16.7 Å². The minimum absolute atomic E-state index is 0.521. The highest BCUT2D eigenvalue weighted by Gasteiger charge is 2.26. The molecule has 1 atom stereocenters. The summed E-state index contributed by atoms with van der Waals surface area (Å²) in [5, 5.41) is 19.3. The van der Waals surface area contributed by atoms with E-state index < -0.39 is 5.60 Å². The summed E-state index contributed by atoms with van der Waals surface area (Å²) in [6, 6.07) is 9.62. The summed E-state index contributed by atoms with van der Waals surface area (Å²) >= 11 is 0. The predicted molar refractivity (Wildman–Crippen MR) is 70.5 cm³/mol. The minimum atomic E-state index is -1.06. The Morgan fingerprint density at radius 2 is 2.28 bits per heavy atom. The number of allylic oxidation sites excluding steroid dienone is 1. The smallest absolute Gasteiger partial charge is 0.103 e. The van der Waals surface area contributed by atoms with Crippen molar-refractivity contribution in [3.8, 4) is 6.07 Å². The van der Waals surface area contributed by atoms with Crippen molar-refractivity contribution < 1.29 is 5.11 Å². The van der Waals surface area contributed by atoms with Crippen molar-refractivity contribution in [1.29, 1.82) is 5.26 Å². The second-order valence-corrected chi connectivity index (χ2v) is 4.39. The van der Waals surface area contributed by atoms with E-state index >= 15 is 0 Å². The fourth-order valence-electron chi connectivity index (χ4n) is 1.88. The van der Waals surface area contributed by atoms with Gasteiger partial charge in [-0.3, -0.25) is 4.57 Å². The van der Waals surface area contributed by atoms with Gasteiger partial charge in [0.25, 0.3) is 0 Å². The topological polar surface area (TPSA) is 61.8 Å². The van der Waals surface area contributed by atoms with Crippen LogP contribution in [0.3, 0.4) is 0 Å². The molecule has 0 saturated carbocycles. The number of nitriles is 1. The van der Waals surface area contributed by atoms with Gasteiger partial charge < -0.3 is 5.11 Å². The fraction of sp³-hybridized carbons (Fsp3) is 0.286. The van der Waals surface area contributed by atoms with Crippen LogP contribution < -0.4 is 0 Å². The van der Waals surface area contributed by atoms with E-state index in [1.54, 1.807) is 17.8 Å². The average molecular weight is 241 g/mol. The van der Waals surface area contributed by atoms with Crippen molar-refractivity contribution in [1.82, 2.24) is 9.55 Å². The van der Waals surface area contributed by atoms with Crippen LogP contribution in [0.25, 0.3) is 16.7 Å². The molecule has 0 aliphatic rings. The van der Waals surface area contributed by atoms with Gasteiger partial charge in [-0.15, -0.1) is 0 Å². The summed E-state index contributed by atoms with van der Waals surface area (Å²) in [7, 11) is 0. The molecule has 0 spiro atoms. The third-order valence-corrected chi connectivity index (χ3v) is 3.15. The molecule has 0 aliphatic heterocycles. The molecular formula is C14H15N3O. The lowest BCUT2D eigenvalue weighted by Gasteiger charge is -2.25. The molecule has 0 fully saturated rings. The first-order chi connectivity index (χ1) is 8.60. The standard InChI is InChI=1S/C14H15N3O/c1-3-14(2,18)13(8-9-15)17-10-16-11-6-4-5-7-12(11)17/h4-8,10,18H,3H2,1-2H3/b13-8-/t14-/m0/s1. The molecule has 18 heavy (non-hydrogen) atoms. The zero-order valence-electron chi connectivity index (χ0n) is 10.5. The third kappa shape index (κ3) is 2.01. The number of hydrogen-bond donors (Lipinski definition) is 1. The molecule has 1 N–H and O–H groups in total. The zero-order chi connectivity index (χ0) is 13.2. The Labute approximate surface area is 106 Å². The quantitative estimate of drug-likeness (QED) is 0.840. The van der Waals surface area contributed by atoms with E-state index in [0.717, 1.165) is 11.0 Å². The van der Waals surface area contributed by atoms with Gasteiger partial charge in [0.1, 0.15) is 11.9 Å². The number of rotatable bonds is 3. The summed E-state index contributed by atoms with van der Waals surface area (Å²) in [6.07, 6.45) is 3.53. The summed E-state index contributed by atoms with van der Waals surface area (Å²) in [5.41, 5.74) is 1.21. The molecule has 2 aromatic rings. The molecule has 0 aliphatic carbocycles. The first kappa shape index (κ1) is 12.3. The highest BCUT2D eigenvalue weighted by molar-refractivity contribution is 5.80. The van der Waals surface area contributed by atoms with Crippen molar-refractivity contribution in [3.63, 3.8) is 0 Å². The van der Waals surface area contributed by atoms with Crippen molar-refractivity contribution in [2.75, 3.05) is 0 Å². The maximum Gasteiger partial charge on any atom is 0.103 e. The van der Waals surface area contributed by atoms with E-state index in [1.165, 1.54) is 6.08 Å². The number of benzene rings is 1. The Bertz CT molecular complexity index is 632. The van der Waals surface area contributed by atoms with Crippen LogP contribution >= 0.6 is 0 Å². The molecule has 0 amide bonds. The normalized spacial score (nSPS) is 15.3. The molecule has 1 aromatic heterocycles. The maximum absolute atomic E-state index is 10.4. The molecule has 4 nitrogen and oxygen atoms in total. The lowest BCUT2D eigenvalue weighted by Crippen LogP contribution is -2.27. The number of aromatic nitrogens is 2. The largest absolute Gasteiger partial charge is 0.384 e. The van der Waals surface area contributed by atoms with E-state index in [0.29, 0.717) is 12.1 Å². The lowest BCUT2D eigenvalue weighted by atomic mass is 9.98. The number of para-hydroxylation sites is 2. The van der Waals surface area contributed by atoms with Gasteiger partial charge in [-0.2, -0.15) is 5.26 Å². The van der Waals surface area contributed by atoms with Gasteiger partial charge in [-0.05, 0) is 25.5 Å². The highest BCUT2D eigenvalue weighted by atomic mass is 16.3. The van der Waals surface area contributed by atoms with E-state index in [-0.39, 0.29) is 0 Å². The summed E-state index contributed by atoms with van der Waals surface area (Å²) in [6.45, 7) is 3.58. The van der Waals surface area contributed by atoms with Crippen LogP contribution in [-0.2, 0) is 0 Å². The number of fused-ring (bicyclic) bond motifs is 1. The highest BCUT2D eigenvalue weighted by Crippen LogP contribution is 2.27. The van der Waals surface area contributed by atoms with Crippen LogP contribution in [0, 0.1) is 11.3 Å². The lowest BCUT2D eigenvalue weighted by molar-refractivity contribution is 0.113. The van der Waals surface area contributed by atoms with Gasteiger partial charge in [0, 0.05) is 6.08 Å². The molecule has 0 unspecified atom stereocenters. The zero-order valence-corrected chi connectivity index (χ0v) is 10.5. The van der Waals surface area contributed by atoms with E-state index in [4.69, 9.17) is 5.26 Å². The van der Waals surface area contributed by atoms with Crippen molar-refractivity contribution in [3.05, 3.63) is 36.7 Å². The van der Waals surface area contributed by atoms with Crippen LogP contribution in [0.5, 0.6) is 0 Å². The van der Waals surface area contributed by atoms with E-state index in [2.05, 4.69) is 4.98 Å². The van der Waals surface area contributed by atoms with Gasteiger partial charge >= 0.3 is 0 Å². The second-order valence-electron chi connectivity index (χ2n) is 4.39. The monoisotopic (exact) mass is 241 g/mol. The molecule has 2 rings (SSSR count). The molecule has 0 radical (unpaired) electrons. The number of imidazole rings is 1.